The monoisotopic (exact) mass is 734 g/mol. The topological polar surface area (TPSA) is 153 Å². The third kappa shape index (κ3) is 8.63. The average Bonchev–Trinajstić information content (AvgIpc) is 3.39. The second kappa shape index (κ2) is 16.0. The van der Waals surface area contributed by atoms with Gasteiger partial charge in [0.25, 0.3) is 5.91 Å². The molecule has 0 radical (unpaired) electrons. The fourth-order valence-corrected chi connectivity index (χ4v) is 8.28. The van der Waals surface area contributed by atoms with E-state index in [1.165, 1.54) is 19.1 Å². The Balaban J connectivity index is 1.43. The number of carbonyl (C=O) groups excluding carboxylic acids is 2. The predicted octanol–water partition coefficient (Wildman–Crippen LogP) is 7.29. The number of nitrogens with one attached hydrogen (secondary N) is 3. The van der Waals surface area contributed by atoms with Crippen molar-refractivity contribution in [3.63, 3.8) is 0 Å². The number of ether oxygens (including phenoxy) is 1. The van der Waals surface area contributed by atoms with Crippen molar-refractivity contribution < 1.29 is 45.9 Å². The van der Waals surface area contributed by atoms with Crippen molar-refractivity contribution in [3.8, 4) is 5.75 Å². The van der Waals surface area contributed by atoms with Gasteiger partial charge >= 0.3 is 13.8 Å². The average molecular weight is 735 g/mol. The molecule has 1 aromatic heterocycles. The molecule has 5 rings (SSSR count). The summed E-state index contributed by atoms with van der Waals surface area (Å²) in [5.41, 5.74) is 4.34. The second-order valence-corrected chi connectivity index (χ2v) is 14.3. The van der Waals surface area contributed by atoms with Crippen LogP contribution in [0.1, 0.15) is 78.1 Å². The molecule has 0 spiro atoms. The number of alkyl halides is 3. The zero-order chi connectivity index (χ0) is 36.9. The van der Waals surface area contributed by atoms with Gasteiger partial charge in [-0.2, -0.15) is 18.2 Å². The molecule has 3 N–H and O–H groups in total. The summed E-state index contributed by atoms with van der Waals surface area (Å²) >= 11 is 0. The lowest BCUT2D eigenvalue weighted by Gasteiger charge is -2.29. The van der Waals surface area contributed by atoms with Gasteiger partial charge in [0, 0.05) is 25.7 Å². The summed E-state index contributed by atoms with van der Waals surface area (Å²) in [4.78, 5) is 40.1. The molecule has 17 heteroatoms. The molecule has 2 amide bonds. The summed E-state index contributed by atoms with van der Waals surface area (Å²) in [6, 6.07) is 8.32. The predicted molar refractivity (Wildman–Crippen MR) is 183 cm³/mol. The lowest BCUT2D eigenvalue weighted by molar-refractivity contribution is -0.137. The van der Waals surface area contributed by atoms with Gasteiger partial charge in [0.15, 0.2) is 0 Å². The number of fused-ring (bicyclic) bond motifs is 1. The maximum Gasteiger partial charge on any atom is 0.421 e. The van der Waals surface area contributed by atoms with Crippen LogP contribution in [0.5, 0.6) is 5.75 Å². The van der Waals surface area contributed by atoms with Gasteiger partial charge in [-0.15, -0.1) is 0 Å². The number of carbonyl (C=O) groups is 2. The molecular formula is C34H42F3N6O7P. The van der Waals surface area contributed by atoms with Crippen molar-refractivity contribution >= 4 is 42.6 Å². The standard InChI is InChI=1S/C34H42F3N6O7P/c1-6-49-51(46,50-7-2)19-20-8-14-26(28(16-20)47-4)40-33-38-17-25(34(35,36)37)30(41-33)39-27-15-13-23(24-18-43(3)32(45)29(24)27)21-9-11-22(12-10-21)31(44)42-48-5/h8,13-17,21-22H,6-7,9-12,18-19H2,1-5H3,(H,42,44)(H2,38,39,40,41)/t21-,22+. The maximum absolute atomic E-state index is 14.3. The zero-order valence-electron chi connectivity index (χ0n) is 29.1. The Labute approximate surface area is 294 Å². The Morgan fingerprint density at radius 1 is 1.02 bits per heavy atom. The molecule has 0 bridgehead atoms. The number of halogens is 3. The van der Waals surface area contributed by atoms with Crippen LogP contribution in [0.3, 0.4) is 0 Å². The van der Waals surface area contributed by atoms with E-state index in [0.717, 1.165) is 11.1 Å². The van der Waals surface area contributed by atoms with Crippen molar-refractivity contribution in [2.45, 2.75) is 64.3 Å². The summed E-state index contributed by atoms with van der Waals surface area (Å²) in [7, 11) is 1.03. The molecular weight excluding hydrogens is 692 g/mol. The smallest absolute Gasteiger partial charge is 0.421 e. The van der Waals surface area contributed by atoms with Crippen molar-refractivity contribution in [2.24, 2.45) is 5.92 Å². The van der Waals surface area contributed by atoms with E-state index in [4.69, 9.17) is 18.6 Å². The van der Waals surface area contributed by atoms with E-state index in [1.807, 2.05) is 6.07 Å². The zero-order valence-corrected chi connectivity index (χ0v) is 30.0. The molecule has 1 fully saturated rings. The molecule has 2 aliphatic rings. The van der Waals surface area contributed by atoms with E-state index in [1.54, 1.807) is 45.2 Å². The normalized spacial score (nSPS) is 17.6. The van der Waals surface area contributed by atoms with E-state index in [9.17, 15) is 27.3 Å². The number of anilines is 4. The first-order chi connectivity index (χ1) is 24.3. The number of rotatable bonds is 14. The van der Waals surface area contributed by atoms with Crippen molar-refractivity contribution in [1.82, 2.24) is 20.3 Å². The van der Waals surface area contributed by atoms with Gasteiger partial charge in [0.05, 0.1) is 50.5 Å². The summed E-state index contributed by atoms with van der Waals surface area (Å²) in [5.74, 6) is -1.03. The van der Waals surface area contributed by atoms with Gasteiger partial charge in [0.2, 0.25) is 11.9 Å². The van der Waals surface area contributed by atoms with Crippen LogP contribution >= 0.6 is 7.60 Å². The van der Waals surface area contributed by atoms with Crippen molar-refractivity contribution in [1.29, 1.82) is 0 Å². The molecule has 2 aromatic carbocycles. The highest BCUT2D eigenvalue weighted by atomic mass is 31.2. The minimum atomic E-state index is -4.81. The minimum Gasteiger partial charge on any atom is -0.495 e. The molecule has 1 saturated carbocycles. The number of hydrogen-bond acceptors (Lipinski definition) is 11. The van der Waals surface area contributed by atoms with Gasteiger partial charge in [-0.05, 0) is 80.3 Å². The highest BCUT2D eigenvalue weighted by Crippen LogP contribution is 2.52. The van der Waals surface area contributed by atoms with Crippen LogP contribution in [0.2, 0.25) is 0 Å². The van der Waals surface area contributed by atoms with Gasteiger partial charge in [-0.3, -0.25) is 19.0 Å². The Morgan fingerprint density at radius 3 is 2.33 bits per heavy atom. The molecule has 0 atom stereocenters. The number of hydroxylamine groups is 1. The van der Waals surface area contributed by atoms with Gasteiger partial charge < -0.3 is 29.3 Å². The summed E-state index contributed by atoms with van der Waals surface area (Å²) in [5, 5.41) is 5.71. The van der Waals surface area contributed by atoms with Crippen LogP contribution in [0.25, 0.3) is 0 Å². The largest absolute Gasteiger partial charge is 0.495 e. The molecule has 3 aromatic rings. The number of aromatic nitrogens is 2. The van der Waals surface area contributed by atoms with E-state index >= 15 is 0 Å². The van der Waals surface area contributed by atoms with E-state index < -0.39 is 25.2 Å². The van der Waals surface area contributed by atoms with Crippen molar-refractivity contribution in [3.05, 3.63) is 64.3 Å². The van der Waals surface area contributed by atoms with Gasteiger partial charge in [-0.25, -0.2) is 10.5 Å². The van der Waals surface area contributed by atoms with E-state index in [-0.39, 0.29) is 60.2 Å². The van der Waals surface area contributed by atoms with Crippen LogP contribution in [0.15, 0.2) is 36.5 Å². The Bertz CT molecular complexity index is 1790. The minimum absolute atomic E-state index is 0.0139. The van der Waals surface area contributed by atoms with Gasteiger partial charge in [0.1, 0.15) is 17.1 Å². The van der Waals surface area contributed by atoms with Gasteiger partial charge in [-0.1, -0.05) is 12.1 Å². The van der Waals surface area contributed by atoms with Crippen molar-refractivity contribution in [2.75, 3.05) is 45.1 Å². The molecule has 0 saturated heterocycles. The summed E-state index contributed by atoms with van der Waals surface area (Å²) in [6.07, 6.45) is -1.47. The molecule has 276 valence electrons. The fourth-order valence-electron chi connectivity index (χ4n) is 6.59. The highest BCUT2D eigenvalue weighted by Gasteiger charge is 2.38. The van der Waals surface area contributed by atoms with Crippen LogP contribution in [0.4, 0.5) is 36.3 Å². The number of benzene rings is 2. The number of nitrogens with zero attached hydrogens (tertiary/aromatic N) is 3. The molecule has 1 aliphatic carbocycles. The SMILES string of the molecule is CCOP(=O)(Cc1ccc(Nc2ncc(C(F)(F)F)c(Nc3ccc([C@H]4CC[C@@H](C(=O)NOC)CC4)c4c3C(=O)N(C)C4)n2)c(OC)c1)OCC. The highest BCUT2D eigenvalue weighted by molar-refractivity contribution is 7.53. The third-order valence-corrected chi connectivity index (χ3v) is 11.0. The maximum atomic E-state index is 14.3. The lowest BCUT2D eigenvalue weighted by Crippen LogP contribution is -2.32. The Hall–Kier alpha value is -4.24. The Morgan fingerprint density at radius 2 is 1.71 bits per heavy atom. The van der Waals surface area contributed by atoms with E-state index in [2.05, 4.69) is 26.1 Å². The number of amides is 2. The van der Waals surface area contributed by atoms with Crippen LogP contribution in [-0.4, -0.2) is 61.2 Å². The fraction of sp³-hybridized carbons (Fsp3) is 0.471. The first-order valence-electron chi connectivity index (χ1n) is 16.6. The molecule has 2 heterocycles. The van der Waals surface area contributed by atoms with Crippen LogP contribution in [0, 0.1) is 5.92 Å². The van der Waals surface area contributed by atoms with Crippen LogP contribution in [-0.2, 0) is 42.1 Å². The quantitative estimate of drug-likeness (QED) is 0.113. The van der Waals surface area contributed by atoms with Crippen LogP contribution < -0.4 is 20.9 Å². The number of hydrogen-bond donors (Lipinski definition) is 3. The lowest BCUT2D eigenvalue weighted by atomic mass is 9.76. The number of methoxy groups -OCH3 is 1. The molecule has 13 nitrogen and oxygen atoms in total. The summed E-state index contributed by atoms with van der Waals surface area (Å²) in [6.45, 7) is 4.13. The van der Waals surface area contributed by atoms with E-state index in [0.29, 0.717) is 55.4 Å². The molecule has 51 heavy (non-hydrogen) atoms. The first-order valence-corrected chi connectivity index (χ1v) is 18.3. The summed E-state index contributed by atoms with van der Waals surface area (Å²) < 4.78 is 72.1. The Kier molecular flexibility index (Phi) is 11.9. The second-order valence-electron chi connectivity index (χ2n) is 12.3. The first kappa shape index (κ1) is 38.0. The molecule has 1 aliphatic heterocycles. The molecule has 0 unspecified atom stereocenters. The third-order valence-electron chi connectivity index (χ3n) is 8.93.